The van der Waals surface area contributed by atoms with E-state index in [1.807, 2.05) is 24.3 Å². The lowest BCUT2D eigenvalue weighted by Gasteiger charge is -2.22. The van der Waals surface area contributed by atoms with Crippen molar-refractivity contribution in [2.24, 2.45) is 0 Å². The van der Waals surface area contributed by atoms with E-state index in [0.29, 0.717) is 11.6 Å². The summed E-state index contributed by atoms with van der Waals surface area (Å²) in [6.07, 6.45) is -0.288. The molecule has 0 amide bonds. The third kappa shape index (κ3) is 2.11. The first-order valence-corrected chi connectivity index (χ1v) is 7.10. The van der Waals surface area contributed by atoms with E-state index in [9.17, 15) is 0 Å². The van der Waals surface area contributed by atoms with Crippen LogP contribution in [-0.2, 0) is 0 Å². The summed E-state index contributed by atoms with van der Waals surface area (Å²) in [4.78, 5) is 5.35. The van der Waals surface area contributed by atoms with Crippen LogP contribution < -0.4 is 10.5 Å². The van der Waals surface area contributed by atoms with Gasteiger partial charge in [-0.15, -0.1) is 11.8 Å². The molecule has 0 saturated heterocycles. The molecule has 1 aliphatic heterocycles. The van der Waals surface area contributed by atoms with E-state index < -0.39 is 0 Å². The van der Waals surface area contributed by atoms with Crippen molar-refractivity contribution in [2.75, 3.05) is 11.5 Å². The first-order valence-electron chi connectivity index (χ1n) is 6.12. The smallest absolute Gasteiger partial charge is 0.284 e. The standard InChI is InChI=1S/C12H9N5O3S/c13-10-9(15-20-16-10)12-14-11(17-19-12)7-5-21-8-4-2-1-3-6(8)18-7/h1-4,7H,5H2,(H2,13,16). The number of nitrogens with zero attached hydrogens (tertiary/aromatic N) is 4. The molecule has 8 nitrogen and oxygen atoms in total. The molecule has 0 spiro atoms. The number of ether oxygens (including phenoxy) is 1. The summed E-state index contributed by atoms with van der Waals surface area (Å²) in [6.45, 7) is 0. The van der Waals surface area contributed by atoms with Crippen LogP contribution in [0.25, 0.3) is 11.6 Å². The number of rotatable bonds is 2. The maximum absolute atomic E-state index is 5.88. The van der Waals surface area contributed by atoms with Crippen molar-refractivity contribution in [1.82, 2.24) is 20.5 Å². The molecule has 2 aromatic heterocycles. The molecule has 4 rings (SSSR count). The Hall–Kier alpha value is -2.55. The summed E-state index contributed by atoms with van der Waals surface area (Å²) in [5.41, 5.74) is 5.83. The molecule has 1 atom stereocenters. The first-order chi connectivity index (χ1) is 10.3. The number of nitrogen functional groups attached to an aromatic ring is 1. The minimum absolute atomic E-state index is 0.106. The normalized spacial score (nSPS) is 17.2. The van der Waals surface area contributed by atoms with Gasteiger partial charge in [0.05, 0.1) is 0 Å². The molecule has 1 unspecified atom stereocenters. The van der Waals surface area contributed by atoms with Gasteiger partial charge in [0.2, 0.25) is 17.3 Å². The van der Waals surface area contributed by atoms with Gasteiger partial charge >= 0.3 is 0 Å². The van der Waals surface area contributed by atoms with E-state index >= 15 is 0 Å². The van der Waals surface area contributed by atoms with Gasteiger partial charge in [0.15, 0.2) is 6.10 Å². The van der Waals surface area contributed by atoms with Crippen molar-refractivity contribution >= 4 is 17.6 Å². The molecule has 0 radical (unpaired) electrons. The zero-order valence-corrected chi connectivity index (χ0v) is 11.4. The summed E-state index contributed by atoms with van der Waals surface area (Å²) in [7, 11) is 0. The number of nitrogens with two attached hydrogens (primary N) is 1. The highest BCUT2D eigenvalue weighted by Crippen LogP contribution is 2.39. The maximum atomic E-state index is 5.88. The zero-order valence-electron chi connectivity index (χ0n) is 10.6. The van der Waals surface area contributed by atoms with Gasteiger partial charge in [-0.05, 0) is 22.4 Å². The highest BCUT2D eigenvalue weighted by Gasteiger charge is 2.27. The van der Waals surface area contributed by atoms with Crippen molar-refractivity contribution < 1.29 is 13.9 Å². The first kappa shape index (κ1) is 12.2. The van der Waals surface area contributed by atoms with E-state index in [4.69, 9.17) is 15.0 Å². The third-order valence-corrected chi connectivity index (χ3v) is 4.07. The SMILES string of the molecule is Nc1nonc1-c1nc(C2CSc3ccccc3O2)no1. The topological polar surface area (TPSA) is 113 Å². The quantitative estimate of drug-likeness (QED) is 0.758. The number of benzene rings is 1. The average Bonchev–Trinajstić information content (AvgIpc) is 3.15. The number of fused-ring (bicyclic) bond motifs is 1. The molecule has 1 aliphatic rings. The fourth-order valence-electron chi connectivity index (χ4n) is 1.95. The summed E-state index contributed by atoms with van der Waals surface area (Å²) in [6, 6.07) is 7.82. The van der Waals surface area contributed by atoms with Crippen LogP contribution in [0.1, 0.15) is 11.9 Å². The van der Waals surface area contributed by atoms with Gasteiger partial charge in [-0.25, -0.2) is 4.63 Å². The summed E-state index contributed by atoms with van der Waals surface area (Å²) < 4.78 is 15.5. The van der Waals surface area contributed by atoms with Crippen molar-refractivity contribution in [2.45, 2.75) is 11.0 Å². The number of aromatic nitrogens is 4. The van der Waals surface area contributed by atoms with Crippen molar-refractivity contribution in [3.05, 3.63) is 30.1 Å². The zero-order chi connectivity index (χ0) is 14.2. The Morgan fingerprint density at radius 1 is 1.19 bits per heavy atom. The van der Waals surface area contributed by atoms with Gasteiger partial charge in [-0.3, -0.25) is 0 Å². The Bertz CT molecular complexity index is 787. The van der Waals surface area contributed by atoms with E-state index in [2.05, 4.69) is 25.1 Å². The largest absolute Gasteiger partial charge is 0.480 e. The number of hydrogen-bond acceptors (Lipinski definition) is 9. The fraction of sp³-hybridized carbons (Fsp3) is 0.167. The van der Waals surface area contributed by atoms with Crippen LogP contribution in [0.3, 0.4) is 0 Å². The van der Waals surface area contributed by atoms with E-state index in [1.54, 1.807) is 11.8 Å². The molecule has 9 heteroatoms. The van der Waals surface area contributed by atoms with Crippen molar-refractivity contribution in [1.29, 1.82) is 0 Å². The predicted molar refractivity (Wildman–Crippen MR) is 72.5 cm³/mol. The molecule has 0 aliphatic carbocycles. The van der Waals surface area contributed by atoms with Gasteiger partial charge in [0, 0.05) is 10.6 Å². The average molecular weight is 303 g/mol. The van der Waals surface area contributed by atoms with E-state index in [0.717, 1.165) is 10.6 Å². The molecule has 3 aromatic rings. The molecule has 106 valence electrons. The lowest BCUT2D eigenvalue weighted by molar-refractivity contribution is 0.205. The van der Waals surface area contributed by atoms with Gasteiger partial charge < -0.3 is 15.0 Å². The van der Waals surface area contributed by atoms with E-state index in [1.165, 1.54) is 0 Å². The van der Waals surface area contributed by atoms with Crippen molar-refractivity contribution in [3.63, 3.8) is 0 Å². The molecule has 0 fully saturated rings. The molecule has 2 N–H and O–H groups in total. The highest BCUT2D eigenvalue weighted by atomic mass is 32.2. The lowest BCUT2D eigenvalue weighted by atomic mass is 10.3. The Morgan fingerprint density at radius 2 is 2.10 bits per heavy atom. The third-order valence-electron chi connectivity index (χ3n) is 2.95. The number of anilines is 1. The second-order valence-corrected chi connectivity index (χ2v) is 5.38. The maximum Gasteiger partial charge on any atom is 0.284 e. The fourth-order valence-corrected chi connectivity index (χ4v) is 2.93. The Morgan fingerprint density at radius 3 is 2.95 bits per heavy atom. The molecule has 1 aromatic carbocycles. The van der Waals surface area contributed by atoms with Crippen LogP contribution in [0.4, 0.5) is 5.82 Å². The van der Waals surface area contributed by atoms with Crippen LogP contribution in [0.2, 0.25) is 0 Å². The van der Waals surface area contributed by atoms with Gasteiger partial charge in [0.25, 0.3) is 5.89 Å². The Balaban J connectivity index is 1.61. The van der Waals surface area contributed by atoms with E-state index in [-0.39, 0.29) is 23.5 Å². The second-order valence-electron chi connectivity index (χ2n) is 4.32. The molecule has 0 bridgehead atoms. The van der Waals surface area contributed by atoms with Crippen LogP contribution in [0.5, 0.6) is 5.75 Å². The monoisotopic (exact) mass is 303 g/mol. The number of para-hydroxylation sites is 1. The van der Waals surface area contributed by atoms with Crippen LogP contribution in [0, 0.1) is 0 Å². The molecular formula is C12H9N5O3S. The van der Waals surface area contributed by atoms with Gasteiger partial charge in [-0.1, -0.05) is 17.3 Å². The minimum Gasteiger partial charge on any atom is -0.480 e. The van der Waals surface area contributed by atoms with Crippen LogP contribution in [-0.4, -0.2) is 26.2 Å². The summed E-state index contributed by atoms with van der Waals surface area (Å²) >= 11 is 1.68. The summed E-state index contributed by atoms with van der Waals surface area (Å²) in [5, 5.41) is 11.0. The van der Waals surface area contributed by atoms with Gasteiger partial charge in [-0.2, -0.15) is 4.98 Å². The van der Waals surface area contributed by atoms with Crippen molar-refractivity contribution in [3.8, 4) is 17.3 Å². The lowest BCUT2D eigenvalue weighted by Crippen LogP contribution is -2.16. The summed E-state index contributed by atoms with van der Waals surface area (Å²) in [5.74, 6) is 2.22. The second kappa shape index (κ2) is 4.77. The van der Waals surface area contributed by atoms with Crippen LogP contribution >= 0.6 is 11.8 Å². The molecular weight excluding hydrogens is 294 g/mol. The molecule has 3 heterocycles. The minimum atomic E-state index is -0.288. The Kier molecular flexibility index (Phi) is 2.78. The predicted octanol–water partition coefficient (Wildman–Crippen LogP) is 1.93. The number of thioether (sulfide) groups is 1. The molecule has 21 heavy (non-hydrogen) atoms. The van der Waals surface area contributed by atoms with Crippen LogP contribution in [0.15, 0.2) is 38.3 Å². The molecule has 0 saturated carbocycles. The Labute approximate surface area is 122 Å². The number of hydrogen-bond donors (Lipinski definition) is 1. The van der Waals surface area contributed by atoms with Gasteiger partial charge in [0.1, 0.15) is 5.75 Å². The highest BCUT2D eigenvalue weighted by molar-refractivity contribution is 7.99.